The van der Waals surface area contributed by atoms with Gasteiger partial charge in [-0.05, 0) is 24.5 Å². The average molecular weight is 259 g/mol. The molecule has 1 atom stereocenters. The largest absolute Gasteiger partial charge is 0.492 e. The fraction of sp³-hybridized carbons (Fsp3) is 0.529. The summed E-state index contributed by atoms with van der Waals surface area (Å²) in [6.07, 6.45) is 4.92. The van der Waals surface area contributed by atoms with Crippen molar-refractivity contribution in [2.45, 2.75) is 39.5 Å². The molecule has 1 aromatic carbocycles. The lowest BCUT2D eigenvalue weighted by Gasteiger charge is -2.16. The van der Waals surface area contributed by atoms with Crippen LogP contribution in [0.15, 0.2) is 24.3 Å². The van der Waals surface area contributed by atoms with Crippen LogP contribution in [0.4, 0.5) is 0 Å². The number of rotatable bonds is 7. The van der Waals surface area contributed by atoms with Crippen molar-refractivity contribution in [3.63, 3.8) is 0 Å². The number of para-hydroxylation sites is 1. The number of benzene rings is 1. The van der Waals surface area contributed by atoms with Crippen molar-refractivity contribution in [3.05, 3.63) is 29.8 Å². The summed E-state index contributed by atoms with van der Waals surface area (Å²) in [5.74, 6) is 7.44. The minimum atomic E-state index is 0.377. The highest BCUT2D eigenvalue weighted by Crippen LogP contribution is 2.20. The van der Waals surface area contributed by atoms with E-state index in [1.54, 1.807) is 0 Å². The highest BCUT2D eigenvalue weighted by Gasteiger charge is 2.08. The highest BCUT2D eigenvalue weighted by atomic mass is 16.5. The van der Waals surface area contributed by atoms with Gasteiger partial charge in [-0.15, -0.1) is 0 Å². The zero-order valence-corrected chi connectivity index (χ0v) is 12.1. The van der Waals surface area contributed by atoms with Gasteiger partial charge in [0.05, 0.1) is 18.7 Å². The maximum atomic E-state index is 5.94. The first-order valence-corrected chi connectivity index (χ1v) is 7.22. The Hall–Kier alpha value is -1.46. The van der Waals surface area contributed by atoms with Crippen LogP contribution >= 0.6 is 0 Å². The number of unbranched alkanes of at least 4 members (excludes halogenated alkanes) is 1. The molecule has 0 aliphatic heterocycles. The molecule has 0 saturated carbocycles. The summed E-state index contributed by atoms with van der Waals surface area (Å²) in [4.78, 5) is 0. The second kappa shape index (κ2) is 9.47. The molecule has 0 aliphatic carbocycles. The molecule has 0 aliphatic rings. The number of hydrogen-bond donors (Lipinski definition) is 1. The Balaban J connectivity index is 2.60. The summed E-state index contributed by atoms with van der Waals surface area (Å²) >= 11 is 0. The van der Waals surface area contributed by atoms with Gasteiger partial charge < -0.3 is 10.5 Å². The molecule has 2 heteroatoms. The van der Waals surface area contributed by atoms with Gasteiger partial charge in [-0.3, -0.25) is 0 Å². The van der Waals surface area contributed by atoms with Gasteiger partial charge in [0.1, 0.15) is 5.75 Å². The molecule has 0 heterocycles. The molecular formula is C17H25NO. The van der Waals surface area contributed by atoms with Crippen molar-refractivity contribution in [2.24, 2.45) is 11.7 Å². The first kappa shape index (κ1) is 15.6. The van der Waals surface area contributed by atoms with Crippen LogP contribution in [0, 0.1) is 17.8 Å². The first-order chi connectivity index (χ1) is 9.31. The third kappa shape index (κ3) is 5.81. The van der Waals surface area contributed by atoms with Crippen LogP contribution in [0.3, 0.4) is 0 Å². The average Bonchev–Trinajstić information content (AvgIpc) is 2.46. The van der Waals surface area contributed by atoms with Crippen molar-refractivity contribution in [2.75, 3.05) is 13.2 Å². The van der Waals surface area contributed by atoms with E-state index in [1.165, 1.54) is 19.3 Å². The van der Waals surface area contributed by atoms with E-state index in [2.05, 4.69) is 25.7 Å². The molecule has 1 rings (SSSR count). The number of nitrogens with two attached hydrogens (primary N) is 1. The van der Waals surface area contributed by atoms with Crippen LogP contribution in [0.25, 0.3) is 0 Å². The Morgan fingerprint density at radius 1 is 1.26 bits per heavy atom. The summed E-state index contributed by atoms with van der Waals surface area (Å²) in [5, 5.41) is 0. The summed E-state index contributed by atoms with van der Waals surface area (Å²) in [6.45, 7) is 5.61. The van der Waals surface area contributed by atoms with Crippen LogP contribution in [0.1, 0.15) is 45.1 Å². The maximum absolute atomic E-state index is 5.94. The van der Waals surface area contributed by atoms with E-state index in [4.69, 9.17) is 10.5 Å². The predicted octanol–water partition coefficient (Wildman–Crippen LogP) is 3.59. The quantitative estimate of drug-likeness (QED) is 0.759. The standard InChI is InChI=1S/C17H25NO/c1-3-5-9-15(4-2)14-19-17-12-7-6-10-16(17)11-8-13-18/h6-7,10,12,15H,3-5,9,13-14,18H2,1-2H3. The Morgan fingerprint density at radius 3 is 2.74 bits per heavy atom. The minimum Gasteiger partial charge on any atom is -0.492 e. The summed E-state index contributed by atoms with van der Waals surface area (Å²) in [7, 11) is 0. The summed E-state index contributed by atoms with van der Waals surface area (Å²) in [5.41, 5.74) is 6.34. The fourth-order valence-corrected chi connectivity index (χ4v) is 1.95. The van der Waals surface area contributed by atoms with Gasteiger partial charge >= 0.3 is 0 Å². The monoisotopic (exact) mass is 259 g/mol. The topological polar surface area (TPSA) is 35.2 Å². The smallest absolute Gasteiger partial charge is 0.134 e. The third-order valence-corrected chi connectivity index (χ3v) is 3.23. The van der Waals surface area contributed by atoms with Crippen molar-refractivity contribution >= 4 is 0 Å². The lowest BCUT2D eigenvalue weighted by atomic mass is 10.0. The van der Waals surface area contributed by atoms with E-state index in [0.717, 1.165) is 24.3 Å². The molecule has 0 amide bonds. The van der Waals surface area contributed by atoms with Crippen LogP contribution in [0.2, 0.25) is 0 Å². The SMILES string of the molecule is CCCCC(CC)COc1ccccc1C#CCN. The number of hydrogen-bond acceptors (Lipinski definition) is 2. The molecule has 0 radical (unpaired) electrons. The summed E-state index contributed by atoms with van der Waals surface area (Å²) in [6, 6.07) is 7.91. The van der Waals surface area contributed by atoms with E-state index in [1.807, 2.05) is 24.3 Å². The van der Waals surface area contributed by atoms with Crippen molar-refractivity contribution < 1.29 is 4.74 Å². The molecular weight excluding hydrogens is 234 g/mol. The molecule has 19 heavy (non-hydrogen) atoms. The molecule has 0 spiro atoms. The Kier molecular flexibility index (Phi) is 7.77. The highest BCUT2D eigenvalue weighted by molar-refractivity contribution is 5.45. The van der Waals surface area contributed by atoms with Crippen LogP contribution in [0.5, 0.6) is 5.75 Å². The van der Waals surface area contributed by atoms with E-state index in [9.17, 15) is 0 Å². The lowest BCUT2D eigenvalue weighted by Crippen LogP contribution is -2.11. The van der Waals surface area contributed by atoms with E-state index >= 15 is 0 Å². The van der Waals surface area contributed by atoms with Gasteiger partial charge in [0, 0.05) is 0 Å². The van der Waals surface area contributed by atoms with Crippen LogP contribution in [-0.2, 0) is 0 Å². The molecule has 0 saturated heterocycles. The maximum Gasteiger partial charge on any atom is 0.134 e. The molecule has 1 unspecified atom stereocenters. The Bertz CT molecular complexity index is 417. The van der Waals surface area contributed by atoms with E-state index < -0.39 is 0 Å². The number of ether oxygens (including phenoxy) is 1. The molecule has 0 aromatic heterocycles. The van der Waals surface area contributed by atoms with Gasteiger partial charge in [-0.25, -0.2) is 0 Å². The predicted molar refractivity (Wildman–Crippen MR) is 81.2 cm³/mol. The Labute approximate surface area is 117 Å². The van der Waals surface area contributed by atoms with Crippen LogP contribution < -0.4 is 10.5 Å². The second-order valence-corrected chi connectivity index (χ2v) is 4.73. The minimum absolute atomic E-state index is 0.377. The Morgan fingerprint density at radius 2 is 2.05 bits per heavy atom. The van der Waals surface area contributed by atoms with Crippen molar-refractivity contribution in [1.29, 1.82) is 0 Å². The first-order valence-electron chi connectivity index (χ1n) is 7.22. The third-order valence-electron chi connectivity index (χ3n) is 3.23. The van der Waals surface area contributed by atoms with E-state index in [0.29, 0.717) is 12.5 Å². The molecule has 2 nitrogen and oxygen atoms in total. The molecule has 1 aromatic rings. The second-order valence-electron chi connectivity index (χ2n) is 4.73. The lowest BCUT2D eigenvalue weighted by molar-refractivity contribution is 0.233. The molecule has 0 fully saturated rings. The molecule has 2 N–H and O–H groups in total. The zero-order valence-electron chi connectivity index (χ0n) is 12.1. The van der Waals surface area contributed by atoms with Crippen molar-refractivity contribution in [3.8, 4) is 17.6 Å². The van der Waals surface area contributed by atoms with Crippen LogP contribution in [-0.4, -0.2) is 13.2 Å². The van der Waals surface area contributed by atoms with Gasteiger partial charge in [0.25, 0.3) is 0 Å². The zero-order chi connectivity index (χ0) is 13.9. The fourth-order valence-electron chi connectivity index (χ4n) is 1.95. The van der Waals surface area contributed by atoms with Gasteiger partial charge in [0.15, 0.2) is 0 Å². The normalized spacial score (nSPS) is 11.5. The molecule has 0 bridgehead atoms. The van der Waals surface area contributed by atoms with Crippen molar-refractivity contribution in [1.82, 2.24) is 0 Å². The van der Waals surface area contributed by atoms with E-state index in [-0.39, 0.29) is 0 Å². The summed E-state index contributed by atoms with van der Waals surface area (Å²) < 4.78 is 5.94. The molecule has 104 valence electrons. The van der Waals surface area contributed by atoms with Gasteiger partial charge in [0.2, 0.25) is 0 Å². The van der Waals surface area contributed by atoms with Gasteiger partial charge in [-0.1, -0.05) is 57.1 Å². The van der Waals surface area contributed by atoms with Gasteiger partial charge in [-0.2, -0.15) is 0 Å².